The summed E-state index contributed by atoms with van der Waals surface area (Å²) in [5.74, 6) is -0.146. The first-order valence-electron chi connectivity index (χ1n) is 7.94. The maximum atomic E-state index is 12.6. The average molecular weight is 365 g/mol. The van der Waals surface area contributed by atoms with Gasteiger partial charge in [0.2, 0.25) is 5.91 Å². The predicted octanol–water partition coefficient (Wildman–Crippen LogP) is 3.52. The summed E-state index contributed by atoms with van der Waals surface area (Å²) in [5.41, 5.74) is 0.0945. The zero-order valence-electron chi connectivity index (χ0n) is 13.9. The smallest absolute Gasteiger partial charge is 0.338 e. The van der Waals surface area contributed by atoms with Crippen LogP contribution in [0.5, 0.6) is 0 Å². The van der Waals surface area contributed by atoms with Gasteiger partial charge >= 0.3 is 6.18 Å². The van der Waals surface area contributed by atoms with Crippen LogP contribution in [-0.2, 0) is 17.4 Å². The molecule has 1 N–H and O–H groups in total. The number of rotatable bonds is 5. The number of hydrogen-bond acceptors (Lipinski definition) is 2. The summed E-state index contributed by atoms with van der Waals surface area (Å²) < 4.78 is 37.7. The van der Waals surface area contributed by atoms with Gasteiger partial charge in [-0.05, 0) is 44.0 Å². The topological polar surface area (TPSA) is 32.3 Å². The van der Waals surface area contributed by atoms with E-state index in [0.29, 0.717) is 6.42 Å². The standard InChI is InChI=1S/C17H23F3N2O.ClH/c1-12(16(23)22-9-3-4-15(22)11-21-2)10-13-5-7-14(8-6-13)17(18,19)20;/h5-8,12,15,21H,3-4,9-11H2,1-2H3;1H. The van der Waals surface area contributed by atoms with E-state index in [1.807, 2.05) is 18.9 Å². The zero-order valence-corrected chi connectivity index (χ0v) is 14.7. The van der Waals surface area contributed by atoms with Crippen molar-refractivity contribution in [2.45, 2.75) is 38.4 Å². The molecule has 1 aliphatic rings. The van der Waals surface area contributed by atoms with Gasteiger partial charge in [0, 0.05) is 25.0 Å². The first-order valence-corrected chi connectivity index (χ1v) is 7.94. The van der Waals surface area contributed by atoms with Crippen LogP contribution in [0.3, 0.4) is 0 Å². The first kappa shape index (κ1) is 20.8. The molecule has 7 heteroatoms. The van der Waals surface area contributed by atoms with Gasteiger partial charge in [0.1, 0.15) is 0 Å². The van der Waals surface area contributed by atoms with E-state index in [1.165, 1.54) is 12.1 Å². The number of nitrogens with one attached hydrogen (secondary N) is 1. The average Bonchev–Trinajstić information content (AvgIpc) is 2.94. The van der Waals surface area contributed by atoms with Gasteiger partial charge < -0.3 is 10.2 Å². The third kappa shape index (κ3) is 5.11. The van der Waals surface area contributed by atoms with Gasteiger partial charge in [-0.3, -0.25) is 4.79 Å². The highest BCUT2D eigenvalue weighted by atomic mass is 35.5. The molecule has 0 radical (unpaired) electrons. The number of likely N-dealkylation sites (tertiary alicyclic amines) is 1. The van der Waals surface area contributed by atoms with E-state index in [1.54, 1.807) is 0 Å². The minimum Gasteiger partial charge on any atom is -0.338 e. The lowest BCUT2D eigenvalue weighted by molar-refractivity contribution is -0.138. The molecule has 1 aliphatic heterocycles. The lowest BCUT2D eigenvalue weighted by atomic mass is 9.98. The summed E-state index contributed by atoms with van der Waals surface area (Å²) in [6, 6.07) is 5.30. The molecule has 2 rings (SSSR count). The van der Waals surface area contributed by atoms with Crippen molar-refractivity contribution in [3.8, 4) is 0 Å². The Kier molecular flexibility index (Phi) is 7.55. The molecule has 1 aromatic rings. The van der Waals surface area contributed by atoms with E-state index < -0.39 is 11.7 Å². The number of likely N-dealkylation sites (N-methyl/N-ethyl adjacent to an activating group) is 1. The van der Waals surface area contributed by atoms with Gasteiger partial charge in [-0.25, -0.2) is 0 Å². The number of halogens is 4. The van der Waals surface area contributed by atoms with Gasteiger partial charge in [0.25, 0.3) is 0 Å². The number of nitrogens with zero attached hydrogens (tertiary/aromatic N) is 1. The van der Waals surface area contributed by atoms with Crippen LogP contribution in [0.1, 0.15) is 30.9 Å². The Morgan fingerprint density at radius 2 is 1.96 bits per heavy atom. The molecule has 1 saturated heterocycles. The molecule has 1 amide bonds. The normalized spacial score (nSPS) is 19.0. The molecular formula is C17H24ClF3N2O. The minimum atomic E-state index is -4.32. The van der Waals surface area contributed by atoms with Crippen LogP contribution >= 0.6 is 12.4 Å². The quantitative estimate of drug-likeness (QED) is 0.867. The molecular weight excluding hydrogens is 341 g/mol. The fraction of sp³-hybridized carbons (Fsp3) is 0.588. The fourth-order valence-electron chi connectivity index (χ4n) is 3.13. The Labute approximate surface area is 147 Å². The number of carbonyl (C=O) groups is 1. The summed E-state index contributed by atoms with van der Waals surface area (Å²) in [6.07, 6.45) is -1.86. The second-order valence-electron chi connectivity index (χ2n) is 6.19. The molecule has 24 heavy (non-hydrogen) atoms. The van der Waals surface area contributed by atoms with Crippen molar-refractivity contribution in [1.82, 2.24) is 10.2 Å². The Morgan fingerprint density at radius 3 is 2.50 bits per heavy atom. The highest BCUT2D eigenvalue weighted by Crippen LogP contribution is 2.29. The number of amides is 1. The van der Waals surface area contributed by atoms with Crippen LogP contribution in [0.15, 0.2) is 24.3 Å². The predicted molar refractivity (Wildman–Crippen MR) is 90.2 cm³/mol. The van der Waals surface area contributed by atoms with Gasteiger partial charge in [-0.2, -0.15) is 13.2 Å². The molecule has 2 unspecified atom stereocenters. The summed E-state index contributed by atoms with van der Waals surface area (Å²) >= 11 is 0. The van der Waals surface area contributed by atoms with Crippen molar-refractivity contribution < 1.29 is 18.0 Å². The molecule has 0 spiro atoms. The Balaban J connectivity index is 0.00000288. The molecule has 0 aliphatic carbocycles. The molecule has 0 saturated carbocycles. The summed E-state index contributed by atoms with van der Waals surface area (Å²) in [6.45, 7) is 3.38. The molecule has 1 fully saturated rings. The Hall–Kier alpha value is -1.27. The third-order valence-electron chi connectivity index (χ3n) is 4.34. The van der Waals surface area contributed by atoms with Gasteiger partial charge in [-0.1, -0.05) is 19.1 Å². The second-order valence-corrected chi connectivity index (χ2v) is 6.19. The third-order valence-corrected chi connectivity index (χ3v) is 4.34. The van der Waals surface area contributed by atoms with Crippen LogP contribution in [0.25, 0.3) is 0 Å². The first-order chi connectivity index (χ1) is 10.8. The van der Waals surface area contributed by atoms with Gasteiger partial charge in [0.15, 0.2) is 0 Å². The van der Waals surface area contributed by atoms with Crippen LogP contribution in [0, 0.1) is 5.92 Å². The molecule has 2 atom stereocenters. The molecule has 136 valence electrons. The summed E-state index contributed by atoms with van der Waals surface area (Å²) in [5, 5.41) is 3.10. The van der Waals surface area contributed by atoms with E-state index in [0.717, 1.165) is 43.6 Å². The van der Waals surface area contributed by atoms with E-state index in [-0.39, 0.29) is 30.3 Å². The zero-order chi connectivity index (χ0) is 17.0. The maximum absolute atomic E-state index is 12.6. The highest BCUT2D eigenvalue weighted by molar-refractivity contribution is 5.85. The molecule has 3 nitrogen and oxygen atoms in total. The van der Waals surface area contributed by atoms with Crippen molar-refractivity contribution in [1.29, 1.82) is 0 Å². The maximum Gasteiger partial charge on any atom is 0.416 e. The monoisotopic (exact) mass is 364 g/mol. The Bertz CT molecular complexity index is 534. The SMILES string of the molecule is CNCC1CCCN1C(=O)C(C)Cc1ccc(C(F)(F)F)cc1.Cl. The van der Waals surface area contributed by atoms with E-state index in [4.69, 9.17) is 0 Å². The lowest BCUT2D eigenvalue weighted by Gasteiger charge is -2.27. The Morgan fingerprint density at radius 1 is 1.33 bits per heavy atom. The largest absolute Gasteiger partial charge is 0.416 e. The summed E-state index contributed by atoms with van der Waals surface area (Å²) in [7, 11) is 1.87. The fourth-order valence-corrected chi connectivity index (χ4v) is 3.13. The van der Waals surface area contributed by atoms with Crippen molar-refractivity contribution in [2.24, 2.45) is 5.92 Å². The highest BCUT2D eigenvalue weighted by Gasteiger charge is 2.32. The van der Waals surface area contributed by atoms with Crippen LogP contribution in [0.2, 0.25) is 0 Å². The number of benzene rings is 1. The van der Waals surface area contributed by atoms with E-state index in [2.05, 4.69) is 5.32 Å². The van der Waals surface area contributed by atoms with E-state index >= 15 is 0 Å². The number of hydrogen-bond donors (Lipinski definition) is 1. The molecule has 0 bridgehead atoms. The van der Waals surface area contributed by atoms with Gasteiger partial charge in [0.05, 0.1) is 5.56 Å². The molecule has 0 aromatic heterocycles. The van der Waals surface area contributed by atoms with Crippen molar-refractivity contribution in [2.75, 3.05) is 20.1 Å². The van der Waals surface area contributed by atoms with Crippen LogP contribution in [0.4, 0.5) is 13.2 Å². The lowest BCUT2D eigenvalue weighted by Crippen LogP contribution is -2.43. The minimum absolute atomic E-state index is 0. The van der Waals surface area contributed by atoms with Crippen molar-refractivity contribution >= 4 is 18.3 Å². The summed E-state index contributed by atoms with van der Waals surface area (Å²) in [4.78, 5) is 14.5. The number of carbonyl (C=O) groups excluding carboxylic acids is 1. The van der Waals surface area contributed by atoms with Crippen LogP contribution < -0.4 is 5.32 Å². The molecule has 1 heterocycles. The molecule has 1 aromatic carbocycles. The second kappa shape index (κ2) is 8.72. The van der Waals surface area contributed by atoms with E-state index in [9.17, 15) is 18.0 Å². The van der Waals surface area contributed by atoms with Crippen molar-refractivity contribution in [3.63, 3.8) is 0 Å². The van der Waals surface area contributed by atoms with Gasteiger partial charge in [-0.15, -0.1) is 12.4 Å². The number of alkyl halides is 3. The van der Waals surface area contributed by atoms with Crippen LogP contribution in [-0.4, -0.2) is 37.0 Å². The van der Waals surface area contributed by atoms with Crippen molar-refractivity contribution in [3.05, 3.63) is 35.4 Å².